The molecule has 4 rings (SSSR count). The Hall–Kier alpha value is -2.62. The molecule has 2 N–H and O–H groups in total. The number of carbonyl (C=O) groups excluding carboxylic acids is 1. The average Bonchev–Trinajstić information content (AvgIpc) is 2.81. The van der Waals surface area contributed by atoms with E-state index in [1.165, 1.54) is 0 Å². The van der Waals surface area contributed by atoms with Crippen LogP contribution in [0, 0.1) is 20.8 Å². The first-order valence-corrected chi connectivity index (χ1v) is 12.8. The number of rotatable bonds is 5. The van der Waals surface area contributed by atoms with Gasteiger partial charge in [-0.1, -0.05) is 6.07 Å². The van der Waals surface area contributed by atoms with Crippen LogP contribution in [0.2, 0.25) is 0 Å². The zero-order valence-electron chi connectivity index (χ0n) is 19.5. The van der Waals surface area contributed by atoms with Crippen LogP contribution in [-0.2, 0) is 14.8 Å². The molecule has 2 fully saturated rings. The Bertz CT molecular complexity index is 1140. The highest BCUT2D eigenvalue weighted by molar-refractivity contribution is 7.92. The van der Waals surface area contributed by atoms with E-state index in [0.29, 0.717) is 43.1 Å². The minimum Gasteiger partial charge on any atom is -0.378 e. The van der Waals surface area contributed by atoms with Crippen molar-refractivity contribution in [2.24, 2.45) is 0 Å². The molecule has 0 aliphatic carbocycles. The molecule has 2 heterocycles. The monoisotopic (exact) mass is 472 g/mol. The first-order chi connectivity index (χ1) is 15.8. The van der Waals surface area contributed by atoms with Gasteiger partial charge in [-0.25, -0.2) is 8.42 Å². The van der Waals surface area contributed by atoms with Crippen molar-refractivity contribution < 1.29 is 17.9 Å². The number of morpholine rings is 1. The maximum atomic E-state index is 13.4. The minimum absolute atomic E-state index is 0.102. The van der Waals surface area contributed by atoms with Crippen LogP contribution in [0.3, 0.4) is 0 Å². The Kier molecular flexibility index (Phi) is 6.92. The molecular formula is C24H32N4O4S. The predicted molar refractivity (Wildman–Crippen MR) is 130 cm³/mol. The smallest absolute Gasteiger partial charge is 0.262 e. The van der Waals surface area contributed by atoms with E-state index in [2.05, 4.69) is 14.9 Å². The Morgan fingerprint density at radius 2 is 1.61 bits per heavy atom. The molecule has 0 aromatic heterocycles. The normalized spacial score (nSPS) is 17.2. The van der Waals surface area contributed by atoms with Crippen molar-refractivity contribution in [1.82, 2.24) is 10.2 Å². The fourth-order valence-electron chi connectivity index (χ4n) is 4.32. The SMILES string of the molecule is Cc1cc(C)c(S(=O)(=O)Nc2ccc(N3CCNCC3)c(C(=O)N3CCOCC3)c2)cc1C. The highest BCUT2D eigenvalue weighted by Gasteiger charge is 2.26. The molecule has 33 heavy (non-hydrogen) atoms. The molecule has 0 radical (unpaired) electrons. The number of amides is 1. The van der Waals surface area contributed by atoms with Crippen LogP contribution in [0.25, 0.3) is 0 Å². The van der Waals surface area contributed by atoms with Gasteiger partial charge < -0.3 is 19.9 Å². The zero-order chi connectivity index (χ0) is 23.6. The summed E-state index contributed by atoms with van der Waals surface area (Å²) in [5, 5.41) is 3.33. The number of hydrogen-bond donors (Lipinski definition) is 2. The van der Waals surface area contributed by atoms with Gasteiger partial charge in [-0.3, -0.25) is 9.52 Å². The standard InChI is InChI=1S/C24H32N4O4S/c1-17-14-19(3)23(15-18(17)2)33(30,31)26-20-4-5-22(27-8-6-25-7-9-27)21(16-20)24(29)28-10-12-32-13-11-28/h4-5,14-16,25-26H,6-13H2,1-3H3. The van der Waals surface area contributed by atoms with Crippen molar-refractivity contribution in [2.45, 2.75) is 25.7 Å². The van der Waals surface area contributed by atoms with Crippen LogP contribution >= 0.6 is 0 Å². The number of piperazine rings is 1. The summed E-state index contributed by atoms with van der Waals surface area (Å²) in [7, 11) is -3.81. The Balaban J connectivity index is 1.69. The van der Waals surface area contributed by atoms with Gasteiger partial charge in [0, 0.05) is 50.6 Å². The summed E-state index contributed by atoms with van der Waals surface area (Å²) in [5.74, 6) is -0.102. The highest BCUT2D eigenvalue weighted by atomic mass is 32.2. The van der Waals surface area contributed by atoms with Gasteiger partial charge >= 0.3 is 0 Å². The van der Waals surface area contributed by atoms with E-state index >= 15 is 0 Å². The summed E-state index contributed by atoms with van der Waals surface area (Å²) in [6, 6.07) is 8.83. The Labute approximate surface area is 196 Å². The molecule has 8 nitrogen and oxygen atoms in total. The van der Waals surface area contributed by atoms with Crippen LogP contribution < -0.4 is 14.9 Å². The number of sulfonamides is 1. The molecule has 0 atom stereocenters. The van der Waals surface area contributed by atoms with Crippen LogP contribution in [0.4, 0.5) is 11.4 Å². The van der Waals surface area contributed by atoms with E-state index in [9.17, 15) is 13.2 Å². The van der Waals surface area contributed by atoms with Crippen LogP contribution in [0.5, 0.6) is 0 Å². The molecule has 2 saturated heterocycles. The maximum absolute atomic E-state index is 13.4. The summed E-state index contributed by atoms with van der Waals surface area (Å²) in [6.45, 7) is 11.0. The lowest BCUT2D eigenvalue weighted by Crippen LogP contribution is -2.45. The Morgan fingerprint density at radius 3 is 2.30 bits per heavy atom. The topological polar surface area (TPSA) is 91.0 Å². The van der Waals surface area contributed by atoms with Gasteiger partial charge in [-0.05, 0) is 61.7 Å². The summed E-state index contributed by atoms with van der Waals surface area (Å²) in [5.41, 5.74) is 4.37. The average molecular weight is 473 g/mol. The molecule has 0 spiro atoms. The summed E-state index contributed by atoms with van der Waals surface area (Å²) in [6.07, 6.45) is 0. The van der Waals surface area contributed by atoms with Gasteiger partial charge in [-0.2, -0.15) is 0 Å². The highest BCUT2D eigenvalue weighted by Crippen LogP contribution is 2.29. The Morgan fingerprint density at radius 1 is 0.939 bits per heavy atom. The molecule has 2 aromatic carbocycles. The van der Waals surface area contributed by atoms with E-state index in [-0.39, 0.29) is 10.8 Å². The minimum atomic E-state index is -3.81. The molecule has 178 valence electrons. The number of anilines is 2. The number of carbonyl (C=O) groups is 1. The zero-order valence-corrected chi connectivity index (χ0v) is 20.3. The predicted octanol–water partition coefficient (Wildman–Crippen LogP) is 2.29. The lowest BCUT2D eigenvalue weighted by molar-refractivity contribution is 0.0303. The second-order valence-corrected chi connectivity index (χ2v) is 10.3. The lowest BCUT2D eigenvalue weighted by Gasteiger charge is -2.33. The molecule has 0 saturated carbocycles. The van der Waals surface area contributed by atoms with Crippen molar-refractivity contribution in [3.8, 4) is 0 Å². The second kappa shape index (κ2) is 9.70. The summed E-state index contributed by atoms with van der Waals surface area (Å²) >= 11 is 0. The van der Waals surface area contributed by atoms with E-state index in [1.54, 1.807) is 30.0 Å². The largest absolute Gasteiger partial charge is 0.378 e. The van der Waals surface area contributed by atoms with Gasteiger partial charge in [0.05, 0.1) is 23.7 Å². The third-order valence-electron chi connectivity index (χ3n) is 6.32. The van der Waals surface area contributed by atoms with Crippen LogP contribution in [-0.4, -0.2) is 71.7 Å². The molecule has 0 unspecified atom stereocenters. The van der Waals surface area contributed by atoms with Crippen molar-refractivity contribution in [3.05, 3.63) is 52.6 Å². The van der Waals surface area contributed by atoms with E-state index in [4.69, 9.17) is 4.74 Å². The second-order valence-electron chi connectivity index (χ2n) is 8.68. The van der Waals surface area contributed by atoms with Crippen LogP contribution in [0.15, 0.2) is 35.2 Å². The quantitative estimate of drug-likeness (QED) is 0.694. The number of aryl methyl sites for hydroxylation is 3. The molecule has 2 aliphatic rings. The number of nitrogens with zero attached hydrogens (tertiary/aromatic N) is 2. The lowest BCUT2D eigenvalue weighted by atomic mass is 10.1. The van der Waals surface area contributed by atoms with Gasteiger partial charge in [-0.15, -0.1) is 0 Å². The van der Waals surface area contributed by atoms with Crippen molar-refractivity contribution >= 4 is 27.3 Å². The summed E-state index contributed by atoms with van der Waals surface area (Å²) < 4.78 is 34.5. The third-order valence-corrected chi connectivity index (χ3v) is 7.84. The van der Waals surface area contributed by atoms with Gasteiger partial charge in [0.2, 0.25) is 0 Å². The fourth-order valence-corrected chi connectivity index (χ4v) is 5.68. The van der Waals surface area contributed by atoms with Crippen molar-refractivity contribution in [3.63, 3.8) is 0 Å². The number of ether oxygens (including phenoxy) is 1. The van der Waals surface area contributed by atoms with Crippen molar-refractivity contribution in [1.29, 1.82) is 0 Å². The van der Waals surface area contributed by atoms with E-state index in [1.807, 2.05) is 26.0 Å². The van der Waals surface area contributed by atoms with E-state index in [0.717, 1.165) is 43.0 Å². The van der Waals surface area contributed by atoms with Gasteiger partial charge in [0.25, 0.3) is 15.9 Å². The van der Waals surface area contributed by atoms with Gasteiger partial charge in [0.15, 0.2) is 0 Å². The number of nitrogens with one attached hydrogen (secondary N) is 2. The first kappa shape index (κ1) is 23.5. The van der Waals surface area contributed by atoms with Crippen molar-refractivity contribution in [2.75, 3.05) is 62.1 Å². The first-order valence-electron chi connectivity index (χ1n) is 11.3. The van der Waals surface area contributed by atoms with Gasteiger partial charge in [0.1, 0.15) is 0 Å². The molecule has 1 amide bonds. The number of hydrogen-bond acceptors (Lipinski definition) is 6. The molecule has 9 heteroatoms. The molecular weight excluding hydrogens is 440 g/mol. The molecule has 2 aliphatic heterocycles. The molecule has 2 aromatic rings. The number of benzene rings is 2. The summed E-state index contributed by atoms with van der Waals surface area (Å²) in [4.78, 5) is 17.6. The fraction of sp³-hybridized carbons (Fsp3) is 0.458. The molecule has 0 bridgehead atoms. The third kappa shape index (κ3) is 5.15. The maximum Gasteiger partial charge on any atom is 0.262 e. The van der Waals surface area contributed by atoms with E-state index < -0.39 is 10.0 Å². The van der Waals surface area contributed by atoms with Crippen LogP contribution in [0.1, 0.15) is 27.0 Å².